The monoisotopic (exact) mass is 457 g/mol. The largest absolute Gasteiger partial charge is 0.476 e. The van der Waals surface area contributed by atoms with Crippen LogP contribution in [-0.2, 0) is 16.6 Å². The number of hydrogen-bond acceptors (Lipinski definition) is 6. The average molecular weight is 458 g/mol. The Balaban J connectivity index is 2.32. The van der Waals surface area contributed by atoms with Crippen molar-refractivity contribution in [3.8, 4) is 5.88 Å². The van der Waals surface area contributed by atoms with Crippen molar-refractivity contribution in [1.29, 1.82) is 0 Å². The van der Waals surface area contributed by atoms with Crippen LogP contribution >= 0.6 is 23.2 Å². The molecule has 0 aliphatic rings. The summed E-state index contributed by atoms with van der Waals surface area (Å²) in [6.07, 6.45) is 2.54. The number of aromatic nitrogens is 2. The van der Waals surface area contributed by atoms with Gasteiger partial charge in [0, 0.05) is 29.7 Å². The van der Waals surface area contributed by atoms with Crippen LogP contribution < -0.4 is 20.2 Å². The molecular formula is C18H17Cl2N3O5S. The van der Waals surface area contributed by atoms with Gasteiger partial charge in [-0.3, -0.25) is 4.79 Å². The zero-order chi connectivity index (χ0) is 21.2. The summed E-state index contributed by atoms with van der Waals surface area (Å²) in [7, 11) is -3.37. The van der Waals surface area contributed by atoms with E-state index in [4.69, 9.17) is 27.9 Å². The van der Waals surface area contributed by atoms with E-state index in [-0.39, 0.29) is 30.1 Å². The quantitative estimate of drug-likeness (QED) is 0.537. The second-order valence-electron chi connectivity index (χ2n) is 6.12. The van der Waals surface area contributed by atoms with E-state index in [1.807, 2.05) is 0 Å². The van der Waals surface area contributed by atoms with E-state index >= 15 is 0 Å². The van der Waals surface area contributed by atoms with Crippen LogP contribution in [0.1, 0.15) is 5.69 Å². The summed E-state index contributed by atoms with van der Waals surface area (Å²) in [5.41, 5.74) is 1.54. The molecule has 154 valence electrons. The molecule has 0 fully saturated rings. The molecular weight excluding hydrogens is 441 g/mol. The molecule has 0 spiro atoms. The Bertz CT molecular complexity index is 1320. The summed E-state index contributed by atoms with van der Waals surface area (Å²) in [5.74, 6) is 0.0327. The predicted molar refractivity (Wildman–Crippen MR) is 113 cm³/mol. The molecule has 0 aliphatic heterocycles. The molecule has 0 saturated carbocycles. The minimum absolute atomic E-state index is 0.00791. The van der Waals surface area contributed by atoms with Crippen molar-refractivity contribution in [2.24, 2.45) is 0 Å². The fourth-order valence-corrected chi connectivity index (χ4v) is 3.86. The lowest BCUT2D eigenvalue weighted by molar-refractivity contribution is 0.275. The molecule has 2 N–H and O–H groups in total. The number of sulfonamides is 1. The van der Waals surface area contributed by atoms with E-state index < -0.39 is 22.1 Å². The molecule has 3 aromatic heterocycles. The van der Waals surface area contributed by atoms with Gasteiger partial charge in [-0.25, -0.2) is 18.1 Å². The molecule has 11 heteroatoms. The minimum atomic E-state index is -3.37. The van der Waals surface area contributed by atoms with Crippen molar-refractivity contribution < 1.29 is 18.3 Å². The Kier molecular flexibility index (Phi) is 6.45. The van der Waals surface area contributed by atoms with Crippen LogP contribution in [0.3, 0.4) is 0 Å². The van der Waals surface area contributed by atoms with Gasteiger partial charge in [0.25, 0.3) is 0 Å². The molecule has 0 aliphatic carbocycles. The Morgan fingerprint density at radius 3 is 2.79 bits per heavy atom. The molecule has 3 aromatic rings. The molecule has 3 rings (SSSR count). The molecule has 0 unspecified atom stereocenters. The van der Waals surface area contributed by atoms with E-state index in [2.05, 4.69) is 9.71 Å². The summed E-state index contributed by atoms with van der Waals surface area (Å²) in [6.45, 7) is -0.456. The molecule has 0 bridgehead atoms. The highest BCUT2D eigenvalue weighted by Gasteiger charge is 2.16. The lowest BCUT2D eigenvalue weighted by Gasteiger charge is -2.14. The average Bonchev–Trinajstić information content (AvgIpc) is 2.65. The molecule has 3 heterocycles. The number of aliphatic hydroxyl groups is 1. The fraction of sp³-hybridized carbons (Fsp3) is 0.222. The van der Waals surface area contributed by atoms with Crippen molar-refractivity contribution in [2.45, 2.75) is 6.61 Å². The number of aliphatic hydroxyl groups excluding tert-OH is 1. The zero-order valence-corrected chi connectivity index (χ0v) is 17.6. The van der Waals surface area contributed by atoms with Gasteiger partial charge in [0.1, 0.15) is 12.0 Å². The van der Waals surface area contributed by atoms with Crippen LogP contribution in [0.4, 0.5) is 0 Å². The highest BCUT2D eigenvalue weighted by atomic mass is 35.5. The van der Waals surface area contributed by atoms with Crippen molar-refractivity contribution >= 4 is 55.0 Å². The normalized spacial score (nSPS) is 12.6. The topological polar surface area (TPSA) is 110 Å². The van der Waals surface area contributed by atoms with E-state index in [0.29, 0.717) is 21.3 Å². The standard InChI is InChI=1S/C18H17Cl2N3O5S/c1-29(26,27)22-5-6-28-18-16-15(25)7-12(10-24)23-14(8-19)13(20)4-2-3-11(9-21-18)17(16)23/h2-4,7-9,22,24H,5-6,10H2,1H3. The number of hydrogen-bond donors (Lipinski definition) is 2. The lowest BCUT2D eigenvalue weighted by atomic mass is 10.1. The van der Waals surface area contributed by atoms with Gasteiger partial charge in [0.2, 0.25) is 15.9 Å². The van der Waals surface area contributed by atoms with Crippen LogP contribution in [0, 0.1) is 0 Å². The smallest absolute Gasteiger partial charge is 0.226 e. The number of ether oxygens (including phenoxy) is 1. The van der Waals surface area contributed by atoms with Crippen LogP contribution in [0.5, 0.6) is 5.88 Å². The molecule has 29 heavy (non-hydrogen) atoms. The van der Waals surface area contributed by atoms with Gasteiger partial charge < -0.3 is 14.2 Å². The third-order valence-corrected chi connectivity index (χ3v) is 5.33. The maximum absolute atomic E-state index is 12.8. The maximum atomic E-state index is 12.8. The number of rotatable bonds is 6. The van der Waals surface area contributed by atoms with Crippen molar-refractivity contribution in [3.63, 3.8) is 0 Å². The highest BCUT2D eigenvalue weighted by Crippen LogP contribution is 2.24. The van der Waals surface area contributed by atoms with Gasteiger partial charge in [-0.2, -0.15) is 0 Å². The van der Waals surface area contributed by atoms with Gasteiger partial charge in [-0.1, -0.05) is 35.3 Å². The third kappa shape index (κ3) is 4.54. The first-order chi connectivity index (χ1) is 13.8. The molecule has 8 nitrogen and oxygen atoms in total. The van der Waals surface area contributed by atoms with Crippen LogP contribution in [0.15, 0.2) is 35.3 Å². The number of nitrogens with one attached hydrogen (secondary N) is 1. The minimum Gasteiger partial charge on any atom is -0.476 e. The van der Waals surface area contributed by atoms with Gasteiger partial charge in [-0.15, -0.1) is 0 Å². The first kappa shape index (κ1) is 21.5. The summed E-state index contributed by atoms with van der Waals surface area (Å²) >= 11 is 12.3. The Morgan fingerprint density at radius 1 is 1.38 bits per heavy atom. The van der Waals surface area contributed by atoms with Gasteiger partial charge in [0.15, 0.2) is 5.43 Å². The third-order valence-electron chi connectivity index (χ3n) is 4.07. The van der Waals surface area contributed by atoms with Gasteiger partial charge in [-0.05, 0) is 6.07 Å². The fourth-order valence-electron chi connectivity index (χ4n) is 2.92. The summed E-state index contributed by atoms with van der Waals surface area (Å²) in [5, 5.41) is 11.2. The molecule has 0 atom stereocenters. The van der Waals surface area contributed by atoms with Gasteiger partial charge >= 0.3 is 0 Å². The zero-order valence-electron chi connectivity index (χ0n) is 15.2. The van der Waals surface area contributed by atoms with Crippen LogP contribution in [0.25, 0.3) is 21.8 Å². The van der Waals surface area contributed by atoms with Gasteiger partial charge in [0.05, 0.1) is 34.4 Å². The van der Waals surface area contributed by atoms with Crippen molar-refractivity contribution in [3.05, 3.63) is 56.8 Å². The number of pyridine rings is 2. The van der Waals surface area contributed by atoms with E-state index in [9.17, 15) is 18.3 Å². The summed E-state index contributed by atoms with van der Waals surface area (Å²) < 4.78 is 31.8. The molecule has 0 radical (unpaired) electrons. The Morgan fingerprint density at radius 2 is 2.14 bits per heavy atom. The Labute approximate surface area is 176 Å². The second-order valence-corrected chi connectivity index (χ2v) is 8.58. The van der Waals surface area contributed by atoms with Crippen LogP contribution in [-0.4, -0.2) is 42.3 Å². The first-order valence-corrected chi connectivity index (χ1v) is 11.1. The second kappa shape index (κ2) is 8.68. The summed E-state index contributed by atoms with van der Waals surface area (Å²) in [6, 6.07) is 6.29. The van der Waals surface area contributed by atoms with Crippen molar-refractivity contribution in [2.75, 3.05) is 19.4 Å². The lowest BCUT2D eigenvalue weighted by Crippen LogP contribution is -2.27. The van der Waals surface area contributed by atoms with Crippen molar-refractivity contribution in [1.82, 2.24) is 14.1 Å². The van der Waals surface area contributed by atoms with Crippen LogP contribution in [0.2, 0.25) is 5.02 Å². The maximum Gasteiger partial charge on any atom is 0.226 e. The predicted octanol–water partition coefficient (Wildman–Crippen LogP) is 1.18. The first-order valence-electron chi connectivity index (χ1n) is 8.37. The SMILES string of the molecule is CS(=O)(=O)NCCOc1ncc2cccc(Cl)c(=CCl)n3c(CO)cc(=O)c1c23. The molecule has 0 saturated heterocycles. The Hall–Kier alpha value is -2.17. The molecule has 0 amide bonds. The summed E-state index contributed by atoms with van der Waals surface area (Å²) in [4.78, 5) is 17.0. The molecule has 0 aromatic carbocycles. The highest BCUT2D eigenvalue weighted by molar-refractivity contribution is 7.88. The van der Waals surface area contributed by atoms with E-state index in [0.717, 1.165) is 6.26 Å². The van der Waals surface area contributed by atoms with E-state index in [1.165, 1.54) is 17.8 Å². The number of halogens is 2. The van der Waals surface area contributed by atoms with E-state index in [1.54, 1.807) is 22.6 Å². The number of nitrogens with zero attached hydrogens (tertiary/aromatic N) is 2.